The number of aliphatic carboxylic acids is 2. The molecule has 8 heteroatoms. The van der Waals surface area contributed by atoms with E-state index in [0.717, 1.165) is 3.57 Å². The fraction of sp³-hybridized carbons (Fsp3) is 0.250. The summed E-state index contributed by atoms with van der Waals surface area (Å²) in [5, 5.41) is 22.1. The van der Waals surface area contributed by atoms with Crippen LogP contribution in [0.25, 0.3) is 0 Å². The van der Waals surface area contributed by atoms with Crippen LogP contribution in [-0.4, -0.2) is 34.2 Å². The van der Waals surface area contributed by atoms with Gasteiger partial charge in [0.1, 0.15) is 6.04 Å². The van der Waals surface area contributed by atoms with Gasteiger partial charge < -0.3 is 20.8 Å². The van der Waals surface area contributed by atoms with Crippen LogP contribution in [-0.2, 0) is 9.59 Å². The van der Waals surface area contributed by atoms with Gasteiger partial charge in [0.2, 0.25) is 0 Å². The number of carbonyl (C=O) groups is 3. The Bertz CT molecular complexity index is 503. The van der Waals surface area contributed by atoms with Crippen LogP contribution in [0.15, 0.2) is 24.3 Å². The monoisotopic (exact) mass is 392 g/mol. The number of carbonyl (C=O) groups excluding carboxylic acids is 1. The Balaban J connectivity index is 2.55. The summed E-state index contributed by atoms with van der Waals surface area (Å²) in [7, 11) is 0. The molecule has 0 saturated carbocycles. The second-order valence-corrected chi connectivity index (χ2v) is 5.17. The number of amides is 2. The quantitative estimate of drug-likeness (QED) is 0.551. The van der Waals surface area contributed by atoms with Gasteiger partial charge >= 0.3 is 18.0 Å². The summed E-state index contributed by atoms with van der Waals surface area (Å²) in [5.74, 6) is -2.39. The predicted octanol–water partition coefficient (Wildman–Crippen LogP) is 1.73. The van der Waals surface area contributed by atoms with E-state index in [9.17, 15) is 14.4 Å². The van der Waals surface area contributed by atoms with Crippen LogP contribution >= 0.6 is 22.6 Å². The van der Waals surface area contributed by atoms with E-state index in [1.807, 2.05) is 0 Å². The molecule has 0 spiro atoms. The van der Waals surface area contributed by atoms with Crippen LogP contribution in [0.2, 0.25) is 0 Å². The molecule has 4 N–H and O–H groups in total. The number of hydrogen-bond acceptors (Lipinski definition) is 3. The molecule has 20 heavy (non-hydrogen) atoms. The summed E-state index contributed by atoms with van der Waals surface area (Å²) in [6.45, 7) is 0. The maximum Gasteiger partial charge on any atom is 0.326 e. The van der Waals surface area contributed by atoms with Gasteiger partial charge in [0, 0.05) is 15.7 Å². The molecular formula is C12H13IN2O5. The largest absolute Gasteiger partial charge is 0.481 e. The van der Waals surface area contributed by atoms with Gasteiger partial charge in [0.05, 0.1) is 0 Å². The Morgan fingerprint density at radius 3 is 2.25 bits per heavy atom. The molecule has 2 amide bonds. The minimum absolute atomic E-state index is 0.176. The fourth-order valence-corrected chi connectivity index (χ4v) is 1.74. The average Bonchev–Trinajstić information content (AvgIpc) is 2.36. The lowest BCUT2D eigenvalue weighted by atomic mass is 10.1. The molecule has 0 fully saturated rings. The smallest absolute Gasteiger partial charge is 0.326 e. The van der Waals surface area contributed by atoms with Crippen molar-refractivity contribution < 1.29 is 24.6 Å². The lowest BCUT2D eigenvalue weighted by molar-refractivity contribution is -0.140. The third-order valence-electron chi connectivity index (χ3n) is 2.35. The van der Waals surface area contributed by atoms with E-state index in [4.69, 9.17) is 10.2 Å². The number of hydrogen-bond donors (Lipinski definition) is 4. The highest BCUT2D eigenvalue weighted by atomic mass is 127. The van der Waals surface area contributed by atoms with E-state index >= 15 is 0 Å². The minimum Gasteiger partial charge on any atom is -0.481 e. The molecule has 0 aliphatic heterocycles. The molecule has 1 aromatic rings. The van der Waals surface area contributed by atoms with Crippen molar-refractivity contribution in [3.05, 3.63) is 27.8 Å². The van der Waals surface area contributed by atoms with Crippen molar-refractivity contribution in [3.8, 4) is 0 Å². The molecule has 108 valence electrons. The Morgan fingerprint density at radius 2 is 1.75 bits per heavy atom. The lowest BCUT2D eigenvalue weighted by Crippen LogP contribution is -2.43. The first kappa shape index (κ1) is 16.2. The fourth-order valence-electron chi connectivity index (χ4n) is 1.38. The molecule has 0 aliphatic carbocycles. The minimum atomic E-state index is -1.27. The van der Waals surface area contributed by atoms with Crippen molar-refractivity contribution in [1.82, 2.24) is 5.32 Å². The van der Waals surface area contributed by atoms with Crippen LogP contribution in [0.3, 0.4) is 0 Å². The van der Waals surface area contributed by atoms with Gasteiger partial charge in [0.15, 0.2) is 0 Å². The Morgan fingerprint density at radius 1 is 1.15 bits per heavy atom. The predicted molar refractivity (Wildman–Crippen MR) is 79.6 cm³/mol. The van der Waals surface area contributed by atoms with Crippen molar-refractivity contribution in [3.63, 3.8) is 0 Å². The zero-order valence-corrected chi connectivity index (χ0v) is 12.5. The number of halogens is 1. The van der Waals surface area contributed by atoms with Gasteiger partial charge in [-0.2, -0.15) is 0 Å². The normalized spacial score (nSPS) is 11.4. The molecule has 1 aromatic carbocycles. The highest BCUT2D eigenvalue weighted by Gasteiger charge is 2.20. The number of rotatable bonds is 6. The molecule has 0 saturated heterocycles. The van der Waals surface area contributed by atoms with Crippen molar-refractivity contribution >= 4 is 46.2 Å². The first-order valence-corrected chi connectivity index (χ1v) is 6.74. The highest BCUT2D eigenvalue weighted by molar-refractivity contribution is 14.1. The van der Waals surface area contributed by atoms with E-state index in [-0.39, 0.29) is 12.8 Å². The second kappa shape index (κ2) is 7.68. The third kappa shape index (κ3) is 5.87. The number of anilines is 1. The summed E-state index contributed by atoms with van der Waals surface area (Å²) in [6.07, 6.45) is -0.508. The molecule has 0 radical (unpaired) electrons. The molecule has 0 heterocycles. The first-order valence-electron chi connectivity index (χ1n) is 5.66. The van der Waals surface area contributed by atoms with Gasteiger partial charge in [-0.05, 0) is 53.3 Å². The van der Waals surface area contributed by atoms with Crippen LogP contribution in [0.1, 0.15) is 12.8 Å². The highest BCUT2D eigenvalue weighted by Crippen LogP contribution is 2.11. The van der Waals surface area contributed by atoms with Crippen molar-refractivity contribution in [2.75, 3.05) is 5.32 Å². The van der Waals surface area contributed by atoms with Crippen LogP contribution in [0.5, 0.6) is 0 Å². The third-order valence-corrected chi connectivity index (χ3v) is 3.07. The average molecular weight is 392 g/mol. The molecule has 0 bridgehead atoms. The molecular weight excluding hydrogens is 379 g/mol. The Kier molecular flexibility index (Phi) is 6.22. The van der Waals surface area contributed by atoms with E-state index in [1.165, 1.54) is 0 Å². The number of urea groups is 1. The van der Waals surface area contributed by atoms with E-state index in [1.54, 1.807) is 24.3 Å². The topological polar surface area (TPSA) is 116 Å². The number of carboxylic acids is 2. The van der Waals surface area contributed by atoms with Crippen molar-refractivity contribution in [2.24, 2.45) is 0 Å². The number of carboxylic acid groups (broad SMARTS) is 2. The van der Waals surface area contributed by atoms with Crippen LogP contribution in [0, 0.1) is 3.57 Å². The standard InChI is InChI=1S/C12H13IN2O5/c13-7-1-3-8(4-2-7)14-12(20)15-9(11(18)19)5-6-10(16)17/h1-4,9H,5-6H2,(H,16,17)(H,18,19)(H2,14,15,20)/t9-/m0/s1. The molecule has 7 nitrogen and oxygen atoms in total. The van der Waals surface area contributed by atoms with E-state index < -0.39 is 24.0 Å². The van der Waals surface area contributed by atoms with Crippen molar-refractivity contribution in [1.29, 1.82) is 0 Å². The zero-order valence-electron chi connectivity index (χ0n) is 10.3. The van der Waals surface area contributed by atoms with Gasteiger partial charge in [-0.15, -0.1) is 0 Å². The van der Waals surface area contributed by atoms with Gasteiger partial charge in [-0.25, -0.2) is 9.59 Å². The maximum atomic E-state index is 11.6. The number of benzene rings is 1. The summed E-state index contributed by atoms with van der Waals surface area (Å²) in [6, 6.07) is 4.99. The maximum absolute atomic E-state index is 11.6. The summed E-state index contributed by atoms with van der Waals surface area (Å²) in [4.78, 5) is 32.9. The lowest BCUT2D eigenvalue weighted by Gasteiger charge is -2.14. The Hall–Kier alpha value is -1.84. The van der Waals surface area contributed by atoms with Gasteiger partial charge in [0.25, 0.3) is 0 Å². The van der Waals surface area contributed by atoms with Gasteiger partial charge in [-0.1, -0.05) is 0 Å². The summed E-state index contributed by atoms with van der Waals surface area (Å²) >= 11 is 2.11. The summed E-state index contributed by atoms with van der Waals surface area (Å²) in [5.41, 5.74) is 0.519. The number of nitrogens with one attached hydrogen (secondary N) is 2. The van der Waals surface area contributed by atoms with Crippen LogP contribution < -0.4 is 10.6 Å². The zero-order chi connectivity index (χ0) is 15.1. The molecule has 1 rings (SSSR count). The molecule has 0 aromatic heterocycles. The molecule has 0 aliphatic rings. The molecule has 1 atom stereocenters. The Labute approximate surface area is 128 Å². The van der Waals surface area contributed by atoms with Crippen molar-refractivity contribution in [2.45, 2.75) is 18.9 Å². The molecule has 0 unspecified atom stereocenters. The van der Waals surface area contributed by atoms with Crippen LogP contribution in [0.4, 0.5) is 10.5 Å². The van der Waals surface area contributed by atoms with E-state index in [0.29, 0.717) is 5.69 Å². The van der Waals surface area contributed by atoms with E-state index in [2.05, 4.69) is 33.2 Å². The summed E-state index contributed by atoms with van der Waals surface area (Å²) < 4.78 is 0.999. The van der Waals surface area contributed by atoms with Gasteiger partial charge in [-0.3, -0.25) is 4.79 Å². The SMILES string of the molecule is O=C(O)CC[C@H](NC(=O)Nc1ccc(I)cc1)C(=O)O. The second-order valence-electron chi connectivity index (χ2n) is 3.93. The first-order chi connectivity index (χ1) is 9.38.